The van der Waals surface area contributed by atoms with E-state index in [0.29, 0.717) is 24.7 Å². The van der Waals surface area contributed by atoms with Crippen molar-refractivity contribution < 1.29 is 33.6 Å². The number of aliphatic hydroxyl groups excluding tert-OH is 1. The average Bonchev–Trinajstić information content (AvgIpc) is 2.95. The van der Waals surface area contributed by atoms with Crippen LogP contribution in [0, 0.1) is 0 Å². The van der Waals surface area contributed by atoms with Crippen molar-refractivity contribution in [2.45, 2.75) is 19.1 Å². The smallest absolute Gasteiger partial charge is 0.336 e. The third-order valence-corrected chi connectivity index (χ3v) is 5.24. The Morgan fingerprint density at radius 2 is 1.26 bits per heavy atom. The summed E-state index contributed by atoms with van der Waals surface area (Å²) in [5.41, 5.74) is 2.93. The summed E-state index contributed by atoms with van der Waals surface area (Å²) in [4.78, 5) is 23.4. The lowest BCUT2D eigenvalue weighted by atomic mass is 10.0. The van der Waals surface area contributed by atoms with Crippen LogP contribution in [-0.2, 0) is 14.3 Å². The summed E-state index contributed by atoms with van der Waals surface area (Å²) in [6, 6.07) is 21.7. The molecule has 0 saturated heterocycles. The highest BCUT2D eigenvalue weighted by molar-refractivity contribution is 5.89. The summed E-state index contributed by atoms with van der Waals surface area (Å²) in [5.74, 6) is 0.355. The average molecular weight is 515 g/mol. The number of hydrogen-bond donors (Lipinski definition) is 1. The topological polar surface area (TPSA) is 91.3 Å². The summed E-state index contributed by atoms with van der Waals surface area (Å²) >= 11 is 0. The normalized spacial score (nSPS) is 11.5. The van der Waals surface area contributed by atoms with E-state index in [9.17, 15) is 14.7 Å². The molecule has 0 fully saturated rings. The molecule has 0 aliphatic carbocycles. The van der Waals surface area contributed by atoms with Gasteiger partial charge < -0.3 is 24.1 Å². The molecule has 3 aromatic carbocycles. The zero-order valence-electron chi connectivity index (χ0n) is 21.0. The molecule has 38 heavy (non-hydrogen) atoms. The van der Waals surface area contributed by atoms with E-state index in [1.54, 1.807) is 6.08 Å². The molecule has 0 heterocycles. The second kappa shape index (κ2) is 14.9. The van der Waals surface area contributed by atoms with Crippen molar-refractivity contribution in [2.75, 3.05) is 13.2 Å². The van der Waals surface area contributed by atoms with Gasteiger partial charge in [-0.15, -0.1) is 0 Å². The molecule has 0 aromatic heterocycles. The molecule has 7 nitrogen and oxygen atoms in total. The van der Waals surface area contributed by atoms with E-state index < -0.39 is 18.2 Å². The van der Waals surface area contributed by atoms with Crippen LogP contribution in [-0.4, -0.2) is 36.5 Å². The number of unbranched alkanes of at least 4 members (excludes halogenated alkanes) is 1. The Morgan fingerprint density at radius 3 is 1.84 bits per heavy atom. The number of hydrogen-bond acceptors (Lipinski definition) is 7. The van der Waals surface area contributed by atoms with Crippen molar-refractivity contribution in [1.82, 2.24) is 0 Å². The van der Waals surface area contributed by atoms with E-state index in [2.05, 4.69) is 13.2 Å². The van der Waals surface area contributed by atoms with Gasteiger partial charge in [0.05, 0.1) is 13.2 Å². The zero-order valence-corrected chi connectivity index (χ0v) is 21.0. The van der Waals surface area contributed by atoms with Crippen molar-refractivity contribution >= 4 is 18.0 Å². The second-order valence-electron chi connectivity index (χ2n) is 8.05. The highest BCUT2D eigenvalue weighted by atomic mass is 16.6. The lowest BCUT2D eigenvalue weighted by Gasteiger charge is -2.09. The number of carbonyl (C=O) groups is 2. The zero-order chi connectivity index (χ0) is 27.2. The molecule has 1 atom stereocenters. The minimum absolute atomic E-state index is 0.329. The van der Waals surface area contributed by atoms with E-state index in [1.807, 2.05) is 48.5 Å². The van der Waals surface area contributed by atoms with Gasteiger partial charge in [-0.3, -0.25) is 0 Å². The van der Waals surface area contributed by atoms with E-state index in [0.717, 1.165) is 41.4 Å². The van der Waals surface area contributed by atoms with E-state index in [-0.39, 0.29) is 0 Å². The predicted molar refractivity (Wildman–Crippen MR) is 146 cm³/mol. The van der Waals surface area contributed by atoms with Gasteiger partial charge in [-0.05, 0) is 78.1 Å². The van der Waals surface area contributed by atoms with Crippen LogP contribution in [0.15, 0.2) is 104 Å². The maximum atomic E-state index is 12.1. The molecule has 0 saturated carbocycles. The van der Waals surface area contributed by atoms with E-state index in [1.165, 1.54) is 36.4 Å². The molecule has 3 rings (SSSR count). The van der Waals surface area contributed by atoms with Gasteiger partial charge >= 0.3 is 11.9 Å². The van der Waals surface area contributed by atoms with Gasteiger partial charge in [0, 0.05) is 12.2 Å². The number of benzene rings is 3. The highest BCUT2D eigenvalue weighted by Gasteiger charge is 2.04. The lowest BCUT2D eigenvalue weighted by Crippen LogP contribution is -2.09. The Balaban J connectivity index is 1.44. The second-order valence-corrected chi connectivity index (χ2v) is 8.05. The fraction of sp³-hybridized carbons (Fsp3) is 0.161. The molecule has 1 unspecified atom stereocenters. The standard InChI is InChI=1S/C31H30O7/c1-3-29(32)36-22-6-5-21-35-26-14-12-25(13-15-26)24-10-7-23(8-11-24)9-20-31(34)38-28-18-16-27(17-19-28)37-30(33)4-2/h3-4,7-20,29,32H,1-2,5-6,21-22H2/b20-9+. The molecule has 0 aliphatic heterocycles. The summed E-state index contributed by atoms with van der Waals surface area (Å²) in [5, 5.41) is 9.25. The summed E-state index contributed by atoms with van der Waals surface area (Å²) in [6.45, 7) is 7.80. The van der Waals surface area contributed by atoms with Gasteiger partial charge in [0.1, 0.15) is 17.2 Å². The van der Waals surface area contributed by atoms with Gasteiger partial charge in [-0.1, -0.05) is 49.6 Å². The van der Waals surface area contributed by atoms with Crippen LogP contribution in [0.1, 0.15) is 18.4 Å². The Kier molecular flexibility index (Phi) is 11.1. The van der Waals surface area contributed by atoms with Crippen LogP contribution in [0.25, 0.3) is 17.2 Å². The number of rotatable bonds is 14. The molecule has 0 bridgehead atoms. The molecule has 7 heteroatoms. The third-order valence-electron chi connectivity index (χ3n) is 5.24. The van der Waals surface area contributed by atoms with Crippen LogP contribution in [0.2, 0.25) is 0 Å². The summed E-state index contributed by atoms with van der Waals surface area (Å²) in [6.07, 6.45) is 6.11. The van der Waals surface area contributed by atoms with Crippen LogP contribution in [0.4, 0.5) is 0 Å². The Labute approximate surface area is 222 Å². The summed E-state index contributed by atoms with van der Waals surface area (Å²) < 4.78 is 21.1. The van der Waals surface area contributed by atoms with E-state index >= 15 is 0 Å². The van der Waals surface area contributed by atoms with Crippen LogP contribution < -0.4 is 14.2 Å². The summed E-state index contributed by atoms with van der Waals surface area (Å²) in [7, 11) is 0. The van der Waals surface area contributed by atoms with Crippen molar-refractivity contribution in [3.8, 4) is 28.4 Å². The first-order chi connectivity index (χ1) is 18.5. The van der Waals surface area contributed by atoms with Gasteiger partial charge in [-0.2, -0.15) is 0 Å². The van der Waals surface area contributed by atoms with Crippen LogP contribution in [0.5, 0.6) is 17.2 Å². The van der Waals surface area contributed by atoms with Gasteiger partial charge in [-0.25, -0.2) is 9.59 Å². The molecule has 0 aliphatic rings. The molecule has 0 radical (unpaired) electrons. The van der Waals surface area contributed by atoms with E-state index in [4.69, 9.17) is 18.9 Å². The first-order valence-corrected chi connectivity index (χ1v) is 12.1. The van der Waals surface area contributed by atoms with Crippen LogP contribution >= 0.6 is 0 Å². The Morgan fingerprint density at radius 1 is 0.737 bits per heavy atom. The third kappa shape index (κ3) is 9.54. The molecule has 0 spiro atoms. The number of aliphatic hydroxyl groups is 1. The first kappa shape index (κ1) is 28.1. The Hall–Kier alpha value is -4.46. The minimum atomic E-state index is -0.918. The monoisotopic (exact) mass is 514 g/mol. The van der Waals surface area contributed by atoms with Crippen molar-refractivity contribution in [2.24, 2.45) is 0 Å². The minimum Gasteiger partial charge on any atom is -0.494 e. The van der Waals surface area contributed by atoms with Gasteiger partial charge in [0.2, 0.25) is 0 Å². The number of carbonyl (C=O) groups excluding carboxylic acids is 2. The fourth-order valence-electron chi connectivity index (χ4n) is 3.24. The highest BCUT2D eigenvalue weighted by Crippen LogP contribution is 2.23. The maximum absolute atomic E-state index is 12.1. The lowest BCUT2D eigenvalue weighted by molar-refractivity contribution is -0.130. The SMILES string of the molecule is C=CC(=O)Oc1ccc(OC(=O)/C=C/c2ccc(-c3ccc(OCCCCOC(O)C=C)cc3)cc2)cc1. The fourth-order valence-corrected chi connectivity index (χ4v) is 3.24. The first-order valence-electron chi connectivity index (χ1n) is 12.1. The van der Waals surface area contributed by atoms with Crippen molar-refractivity contribution in [3.05, 3.63) is 110 Å². The molecule has 3 aromatic rings. The molecule has 0 amide bonds. The van der Waals surface area contributed by atoms with Crippen LogP contribution in [0.3, 0.4) is 0 Å². The molecular weight excluding hydrogens is 484 g/mol. The quantitative estimate of drug-likeness (QED) is 0.0732. The van der Waals surface area contributed by atoms with Gasteiger partial charge in [0.15, 0.2) is 6.29 Å². The largest absolute Gasteiger partial charge is 0.494 e. The number of ether oxygens (including phenoxy) is 4. The predicted octanol–water partition coefficient (Wildman–Crippen LogP) is 5.74. The van der Waals surface area contributed by atoms with Gasteiger partial charge in [0.25, 0.3) is 0 Å². The Bertz CT molecular complexity index is 1230. The van der Waals surface area contributed by atoms with Crippen molar-refractivity contribution in [1.29, 1.82) is 0 Å². The molecule has 1 N–H and O–H groups in total. The molecule has 196 valence electrons. The number of esters is 2. The van der Waals surface area contributed by atoms with Crippen molar-refractivity contribution in [3.63, 3.8) is 0 Å². The molecular formula is C31H30O7. The maximum Gasteiger partial charge on any atom is 0.336 e.